The summed E-state index contributed by atoms with van der Waals surface area (Å²) in [5.74, 6) is 1.53. The van der Waals surface area contributed by atoms with Crippen molar-refractivity contribution in [3.63, 3.8) is 0 Å². The molecule has 0 aliphatic carbocycles. The molecule has 0 spiro atoms. The maximum absolute atomic E-state index is 8.91. The van der Waals surface area contributed by atoms with E-state index in [-0.39, 0.29) is 0 Å². The number of nitrogens with two attached hydrogens (primary N) is 1. The summed E-state index contributed by atoms with van der Waals surface area (Å²) < 4.78 is 0. The molecule has 20 heavy (non-hydrogen) atoms. The van der Waals surface area contributed by atoms with Gasteiger partial charge in [-0.15, -0.1) is 0 Å². The van der Waals surface area contributed by atoms with Crippen molar-refractivity contribution in [2.45, 2.75) is 72.3 Å². The van der Waals surface area contributed by atoms with E-state index in [1.807, 2.05) is 6.92 Å². The van der Waals surface area contributed by atoms with Gasteiger partial charge < -0.3 is 10.6 Å². The molecule has 0 fully saturated rings. The minimum Gasteiger partial charge on any atom is -0.314 e. The number of unbranched alkanes of at least 4 members (excludes halogenated alkanes) is 1. The van der Waals surface area contributed by atoms with Crippen molar-refractivity contribution < 1.29 is 0 Å². The quantitative estimate of drug-likeness (QED) is 0.586. The van der Waals surface area contributed by atoms with Crippen LogP contribution in [-0.2, 0) is 0 Å². The Labute approximate surface area is 126 Å². The highest BCUT2D eigenvalue weighted by atomic mass is 15.1. The Hall–Kier alpha value is -0.590. The summed E-state index contributed by atoms with van der Waals surface area (Å²) in [5.41, 5.74) is 5.20. The lowest BCUT2D eigenvalue weighted by Gasteiger charge is -2.24. The Morgan fingerprint density at radius 3 is 1.90 bits per heavy atom. The van der Waals surface area contributed by atoms with E-state index in [2.05, 4.69) is 38.7 Å². The first kappa shape index (κ1) is 19.4. The third-order valence-electron chi connectivity index (χ3n) is 3.72. The van der Waals surface area contributed by atoms with Gasteiger partial charge in [0.05, 0.1) is 6.07 Å². The van der Waals surface area contributed by atoms with E-state index in [1.165, 1.54) is 25.9 Å². The van der Waals surface area contributed by atoms with Gasteiger partial charge >= 0.3 is 0 Å². The molecule has 0 aliphatic rings. The smallest absolute Gasteiger partial charge is 0.101 e. The molecule has 0 amide bonds. The average molecular weight is 281 g/mol. The number of rotatable bonds is 11. The van der Waals surface area contributed by atoms with Crippen molar-refractivity contribution in [3.8, 4) is 6.07 Å². The first-order valence-corrected chi connectivity index (χ1v) is 8.19. The fraction of sp³-hybridized carbons (Fsp3) is 0.941. The van der Waals surface area contributed by atoms with Crippen LogP contribution in [0.5, 0.6) is 0 Å². The van der Waals surface area contributed by atoms with Crippen LogP contribution in [0.1, 0.15) is 66.7 Å². The molecule has 2 N–H and O–H groups in total. The standard InChI is InChI=1S/C17H35N3/c1-15(2)8-12-20(13-9-16(3)4)11-7-6-10-17(5,19)14-18/h15-16H,6-13,19H2,1-5H3. The normalized spacial score (nSPS) is 14.8. The van der Waals surface area contributed by atoms with E-state index < -0.39 is 5.54 Å². The Bertz CT molecular complexity index is 264. The molecule has 0 bridgehead atoms. The van der Waals surface area contributed by atoms with Gasteiger partial charge in [-0.3, -0.25) is 0 Å². The summed E-state index contributed by atoms with van der Waals surface area (Å²) in [4.78, 5) is 2.58. The van der Waals surface area contributed by atoms with Crippen LogP contribution in [0.4, 0.5) is 0 Å². The van der Waals surface area contributed by atoms with Gasteiger partial charge in [0.1, 0.15) is 5.54 Å². The van der Waals surface area contributed by atoms with E-state index in [9.17, 15) is 0 Å². The van der Waals surface area contributed by atoms with Gasteiger partial charge in [0.15, 0.2) is 0 Å². The molecule has 0 heterocycles. The number of nitriles is 1. The highest BCUT2D eigenvalue weighted by molar-refractivity contribution is 5.00. The molecule has 0 aromatic heterocycles. The van der Waals surface area contributed by atoms with E-state index in [0.717, 1.165) is 37.6 Å². The fourth-order valence-electron chi connectivity index (χ4n) is 2.10. The molecule has 0 saturated carbocycles. The van der Waals surface area contributed by atoms with Crippen LogP contribution in [0, 0.1) is 23.2 Å². The minimum absolute atomic E-state index is 0.652. The zero-order valence-electron chi connectivity index (χ0n) is 14.3. The van der Waals surface area contributed by atoms with Crippen molar-refractivity contribution in [2.75, 3.05) is 19.6 Å². The third-order valence-corrected chi connectivity index (χ3v) is 3.72. The van der Waals surface area contributed by atoms with E-state index in [1.54, 1.807) is 0 Å². The van der Waals surface area contributed by atoms with Crippen molar-refractivity contribution in [2.24, 2.45) is 17.6 Å². The van der Waals surface area contributed by atoms with E-state index in [0.29, 0.717) is 0 Å². The average Bonchev–Trinajstić information content (AvgIpc) is 2.36. The Balaban J connectivity index is 3.99. The van der Waals surface area contributed by atoms with E-state index >= 15 is 0 Å². The van der Waals surface area contributed by atoms with Gasteiger partial charge in [0, 0.05) is 0 Å². The second-order valence-corrected chi connectivity index (χ2v) is 7.19. The van der Waals surface area contributed by atoms with Gasteiger partial charge in [-0.2, -0.15) is 5.26 Å². The van der Waals surface area contributed by atoms with Crippen LogP contribution in [0.15, 0.2) is 0 Å². The largest absolute Gasteiger partial charge is 0.314 e. The van der Waals surface area contributed by atoms with Crippen LogP contribution in [0.25, 0.3) is 0 Å². The van der Waals surface area contributed by atoms with Crippen LogP contribution in [0.2, 0.25) is 0 Å². The number of hydrogen-bond donors (Lipinski definition) is 1. The summed E-state index contributed by atoms with van der Waals surface area (Å²) >= 11 is 0. The molecule has 3 nitrogen and oxygen atoms in total. The molecular weight excluding hydrogens is 246 g/mol. The van der Waals surface area contributed by atoms with Crippen molar-refractivity contribution >= 4 is 0 Å². The summed E-state index contributed by atoms with van der Waals surface area (Å²) in [6, 6.07) is 2.17. The fourth-order valence-corrected chi connectivity index (χ4v) is 2.10. The van der Waals surface area contributed by atoms with Crippen LogP contribution >= 0.6 is 0 Å². The zero-order chi connectivity index (χ0) is 15.6. The lowest BCUT2D eigenvalue weighted by molar-refractivity contribution is 0.237. The molecule has 1 atom stereocenters. The molecule has 0 rings (SSSR count). The molecule has 0 saturated heterocycles. The highest BCUT2D eigenvalue weighted by Gasteiger charge is 2.16. The molecule has 3 heteroatoms. The topological polar surface area (TPSA) is 53.0 Å². The Morgan fingerprint density at radius 2 is 1.50 bits per heavy atom. The molecule has 0 aliphatic heterocycles. The van der Waals surface area contributed by atoms with Gasteiger partial charge in [0.2, 0.25) is 0 Å². The minimum atomic E-state index is -0.652. The van der Waals surface area contributed by atoms with Crippen molar-refractivity contribution in [1.82, 2.24) is 4.90 Å². The molecular formula is C17H35N3. The third kappa shape index (κ3) is 11.3. The molecule has 0 aromatic rings. The Morgan fingerprint density at radius 1 is 1.00 bits per heavy atom. The molecule has 0 aromatic carbocycles. The monoisotopic (exact) mass is 281 g/mol. The number of hydrogen-bond acceptors (Lipinski definition) is 3. The summed E-state index contributed by atoms with van der Waals surface area (Å²) in [7, 11) is 0. The van der Waals surface area contributed by atoms with Gasteiger partial charge in [0.25, 0.3) is 0 Å². The lowest BCUT2D eigenvalue weighted by atomic mass is 9.98. The number of nitrogens with zero attached hydrogens (tertiary/aromatic N) is 2. The SMILES string of the molecule is CC(C)CCN(CCCCC(C)(N)C#N)CCC(C)C. The predicted octanol–water partition coefficient (Wildman–Crippen LogP) is 3.79. The maximum Gasteiger partial charge on any atom is 0.101 e. The first-order valence-electron chi connectivity index (χ1n) is 8.19. The summed E-state index contributed by atoms with van der Waals surface area (Å²) in [6.07, 6.45) is 5.52. The highest BCUT2D eigenvalue weighted by Crippen LogP contribution is 2.12. The van der Waals surface area contributed by atoms with Crippen molar-refractivity contribution in [1.29, 1.82) is 5.26 Å². The van der Waals surface area contributed by atoms with Gasteiger partial charge in [-0.25, -0.2) is 0 Å². The maximum atomic E-state index is 8.91. The van der Waals surface area contributed by atoms with E-state index in [4.69, 9.17) is 11.0 Å². The predicted molar refractivity (Wildman–Crippen MR) is 87.4 cm³/mol. The van der Waals surface area contributed by atoms with Crippen molar-refractivity contribution in [3.05, 3.63) is 0 Å². The van der Waals surface area contributed by atoms with Crippen LogP contribution in [-0.4, -0.2) is 30.1 Å². The summed E-state index contributed by atoms with van der Waals surface area (Å²) in [5, 5.41) is 8.91. The zero-order valence-corrected chi connectivity index (χ0v) is 14.3. The van der Waals surface area contributed by atoms with Gasteiger partial charge in [-0.05, 0) is 70.5 Å². The van der Waals surface area contributed by atoms with Gasteiger partial charge in [-0.1, -0.05) is 27.7 Å². The molecule has 0 radical (unpaired) electrons. The molecule has 1 unspecified atom stereocenters. The summed E-state index contributed by atoms with van der Waals surface area (Å²) in [6.45, 7) is 14.5. The van der Waals surface area contributed by atoms with Crippen LogP contribution in [0.3, 0.4) is 0 Å². The Kier molecular flexibility index (Phi) is 9.88. The second kappa shape index (κ2) is 10.2. The van der Waals surface area contributed by atoms with Crippen LogP contribution < -0.4 is 5.73 Å². The second-order valence-electron chi connectivity index (χ2n) is 7.19. The molecule has 118 valence electrons. The first-order chi connectivity index (χ1) is 9.26. The lowest BCUT2D eigenvalue weighted by Crippen LogP contribution is -2.34.